The fraction of sp³-hybridized carbons (Fsp3) is 0.556. The second-order valence-corrected chi connectivity index (χ2v) is 6.77. The number of hydrogen-bond donors (Lipinski definition) is 4. The minimum Gasteiger partial charge on any atom is -0.358 e. The average Bonchev–Trinajstić information content (AvgIpc) is 3.26. The van der Waals surface area contributed by atoms with Crippen molar-refractivity contribution in [1.29, 1.82) is 0 Å². The van der Waals surface area contributed by atoms with Crippen LogP contribution < -0.4 is 16.1 Å². The van der Waals surface area contributed by atoms with Crippen molar-refractivity contribution < 1.29 is 14.8 Å². The van der Waals surface area contributed by atoms with E-state index in [0.29, 0.717) is 18.3 Å². The van der Waals surface area contributed by atoms with Crippen LogP contribution in [-0.4, -0.2) is 36.2 Å². The van der Waals surface area contributed by atoms with E-state index >= 15 is 0 Å². The molecule has 4 atom stereocenters. The van der Waals surface area contributed by atoms with Crippen molar-refractivity contribution in [3.05, 3.63) is 35.9 Å². The topological polar surface area (TPSA) is 90.5 Å². The Morgan fingerprint density at radius 1 is 1.21 bits per heavy atom. The van der Waals surface area contributed by atoms with Gasteiger partial charge in [0, 0.05) is 19.5 Å². The summed E-state index contributed by atoms with van der Waals surface area (Å²) in [5, 5.41) is 14.9. The van der Waals surface area contributed by atoms with E-state index in [4.69, 9.17) is 5.21 Å². The molecule has 1 saturated carbocycles. The van der Waals surface area contributed by atoms with Gasteiger partial charge >= 0.3 is 0 Å². The number of nitrogens with one attached hydrogen (secondary N) is 3. The van der Waals surface area contributed by atoms with Gasteiger partial charge in [-0.05, 0) is 29.7 Å². The van der Waals surface area contributed by atoms with Crippen LogP contribution in [0.4, 0.5) is 0 Å². The summed E-state index contributed by atoms with van der Waals surface area (Å²) < 4.78 is 0. The molecular weight excluding hydrogens is 306 g/mol. The molecule has 0 heterocycles. The van der Waals surface area contributed by atoms with Gasteiger partial charge in [-0.15, -0.1) is 0 Å². The van der Waals surface area contributed by atoms with E-state index in [2.05, 4.69) is 24.5 Å². The van der Waals surface area contributed by atoms with Crippen LogP contribution in [0.15, 0.2) is 30.3 Å². The highest BCUT2D eigenvalue weighted by atomic mass is 16.5. The van der Waals surface area contributed by atoms with Crippen molar-refractivity contribution in [2.75, 3.05) is 7.05 Å². The number of amides is 2. The number of hydroxylamine groups is 1. The van der Waals surface area contributed by atoms with E-state index < -0.39 is 0 Å². The second kappa shape index (κ2) is 8.26. The molecule has 6 heteroatoms. The summed E-state index contributed by atoms with van der Waals surface area (Å²) in [5.41, 5.74) is 2.79. The third-order valence-electron chi connectivity index (χ3n) is 4.78. The lowest BCUT2D eigenvalue weighted by Gasteiger charge is -2.18. The Kier molecular flexibility index (Phi) is 6.34. The molecule has 132 valence electrons. The van der Waals surface area contributed by atoms with E-state index in [1.807, 2.05) is 30.3 Å². The van der Waals surface area contributed by atoms with Gasteiger partial charge in [-0.1, -0.05) is 44.2 Å². The number of likely N-dealkylation sites (N-methyl/N-ethyl adjacent to an activating group) is 1. The molecule has 0 spiro atoms. The molecule has 1 aromatic carbocycles. The minimum absolute atomic E-state index is 0.0568. The highest BCUT2D eigenvalue weighted by molar-refractivity contribution is 5.82. The van der Waals surface area contributed by atoms with Crippen molar-refractivity contribution in [3.63, 3.8) is 0 Å². The first-order chi connectivity index (χ1) is 11.5. The summed E-state index contributed by atoms with van der Waals surface area (Å²) in [5.74, 6) is 0.430. The molecule has 1 aliphatic rings. The summed E-state index contributed by atoms with van der Waals surface area (Å²) in [6.45, 7) is 4.23. The van der Waals surface area contributed by atoms with Gasteiger partial charge in [-0.2, -0.15) is 0 Å². The molecule has 0 unspecified atom stereocenters. The summed E-state index contributed by atoms with van der Waals surface area (Å²) in [4.78, 5) is 23.7. The number of carbonyl (C=O) groups is 2. The SMILES string of the molecule is CNC(=O)[C@H](Cc1ccccc1)N[C@@H]1[C@@H](CC(=O)NO)[C@@H]1C(C)C. The van der Waals surface area contributed by atoms with Crippen LogP contribution in [0, 0.1) is 17.8 Å². The van der Waals surface area contributed by atoms with E-state index in [1.54, 1.807) is 12.5 Å². The first-order valence-corrected chi connectivity index (χ1v) is 8.42. The molecule has 0 radical (unpaired) electrons. The maximum absolute atomic E-state index is 12.2. The molecule has 1 aliphatic carbocycles. The van der Waals surface area contributed by atoms with Crippen molar-refractivity contribution in [2.24, 2.45) is 17.8 Å². The number of carbonyl (C=O) groups excluding carboxylic acids is 2. The molecule has 0 aliphatic heterocycles. The lowest BCUT2D eigenvalue weighted by Crippen LogP contribution is -2.46. The van der Waals surface area contributed by atoms with Gasteiger partial charge in [-0.3, -0.25) is 14.8 Å². The minimum atomic E-state index is -0.380. The summed E-state index contributed by atoms with van der Waals surface area (Å²) in [6, 6.07) is 9.63. The lowest BCUT2D eigenvalue weighted by molar-refractivity contribution is -0.129. The van der Waals surface area contributed by atoms with Crippen molar-refractivity contribution in [2.45, 2.75) is 38.8 Å². The number of benzene rings is 1. The molecule has 0 aromatic heterocycles. The third-order valence-corrected chi connectivity index (χ3v) is 4.78. The number of hydrogen-bond acceptors (Lipinski definition) is 4. The van der Waals surface area contributed by atoms with Gasteiger partial charge in [0.25, 0.3) is 0 Å². The van der Waals surface area contributed by atoms with Crippen LogP contribution >= 0.6 is 0 Å². The Balaban J connectivity index is 2.05. The fourth-order valence-corrected chi connectivity index (χ4v) is 3.55. The van der Waals surface area contributed by atoms with Gasteiger partial charge in [-0.25, -0.2) is 5.48 Å². The average molecular weight is 333 g/mol. The van der Waals surface area contributed by atoms with E-state index in [-0.39, 0.29) is 36.2 Å². The Bertz CT molecular complexity index is 562. The Hall–Kier alpha value is -1.92. The highest BCUT2D eigenvalue weighted by Gasteiger charge is 2.53. The zero-order valence-corrected chi connectivity index (χ0v) is 14.5. The van der Waals surface area contributed by atoms with E-state index in [0.717, 1.165) is 5.56 Å². The van der Waals surface area contributed by atoms with Crippen LogP contribution in [0.2, 0.25) is 0 Å². The smallest absolute Gasteiger partial charge is 0.243 e. The van der Waals surface area contributed by atoms with Crippen LogP contribution in [0.1, 0.15) is 25.8 Å². The monoisotopic (exact) mass is 333 g/mol. The largest absolute Gasteiger partial charge is 0.358 e. The van der Waals surface area contributed by atoms with Gasteiger partial charge in [0.05, 0.1) is 6.04 Å². The van der Waals surface area contributed by atoms with Gasteiger partial charge in [0.2, 0.25) is 11.8 Å². The zero-order chi connectivity index (χ0) is 17.7. The Labute approximate surface area is 143 Å². The normalized spacial score (nSPS) is 23.6. The number of rotatable bonds is 8. The summed E-state index contributed by atoms with van der Waals surface area (Å²) in [6.07, 6.45) is 0.865. The fourth-order valence-electron chi connectivity index (χ4n) is 3.55. The van der Waals surface area contributed by atoms with Gasteiger partial charge in [0.1, 0.15) is 0 Å². The predicted molar refractivity (Wildman–Crippen MR) is 91.3 cm³/mol. The van der Waals surface area contributed by atoms with Gasteiger partial charge in [0.15, 0.2) is 0 Å². The van der Waals surface area contributed by atoms with Crippen molar-refractivity contribution in [3.8, 4) is 0 Å². The highest BCUT2D eigenvalue weighted by Crippen LogP contribution is 2.47. The summed E-state index contributed by atoms with van der Waals surface area (Å²) in [7, 11) is 1.63. The molecule has 0 bridgehead atoms. The molecule has 6 nitrogen and oxygen atoms in total. The van der Waals surface area contributed by atoms with E-state index in [9.17, 15) is 9.59 Å². The Morgan fingerprint density at radius 2 is 1.88 bits per heavy atom. The molecule has 2 rings (SSSR count). The Morgan fingerprint density at radius 3 is 2.42 bits per heavy atom. The molecular formula is C18H27N3O3. The predicted octanol–water partition coefficient (Wildman–Crippen LogP) is 1.10. The summed E-state index contributed by atoms with van der Waals surface area (Å²) >= 11 is 0. The van der Waals surface area contributed by atoms with Crippen molar-refractivity contribution in [1.82, 2.24) is 16.1 Å². The van der Waals surface area contributed by atoms with Gasteiger partial charge < -0.3 is 10.6 Å². The molecule has 1 fully saturated rings. The molecule has 0 saturated heterocycles. The lowest BCUT2D eigenvalue weighted by atomic mass is 10.0. The third kappa shape index (κ3) is 4.55. The zero-order valence-electron chi connectivity index (χ0n) is 14.5. The molecule has 2 amide bonds. The van der Waals surface area contributed by atoms with Crippen LogP contribution in [0.3, 0.4) is 0 Å². The first-order valence-electron chi connectivity index (χ1n) is 8.42. The van der Waals surface area contributed by atoms with Crippen LogP contribution in [-0.2, 0) is 16.0 Å². The first kappa shape index (κ1) is 18.4. The second-order valence-electron chi connectivity index (χ2n) is 6.77. The molecule has 24 heavy (non-hydrogen) atoms. The maximum atomic E-state index is 12.2. The maximum Gasteiger partial charge on any atom is 0.243 e. The van der Waals surface area contributed by atoms with Crippen LogP contribution in [0.5, 0.6) is 0 Å². The van der Waals surface area contributed by atoms with E-state index in [1.165, 1.54) is 0 Å². The molecule has 4 N–H and O–H groups in total. The standard InChI is InChI=1S/C18H27N3O3/c1-11(2)16-13(10-15(22)21-24)17(16)20-14(18(23)19-3)9-12-7-5-4-6-8-12/h4-8,11,13-14,16-17,20,24H,9-10H2,1-3H3,(H,19,23)(H,21,22)/t13-,14-,16-,17+/m0/s1. The van der Waals surface area contributed by atoms with Crippen LogP contribution in [0.25, 0.3) is 0 Å². The van der Waals surface area contributed by atoms with Crippen molar-refractivity contribution >= 4 is 11.8 Å². The molecule has 1 aromatic rings. The quantitative estimate of drug-likeness (QED) is 0.424.